The SMILES string of the molecule is Cc1csc(Cn2c(C)cc(C(=O)C(C)Cl)c2C)n1. The molecule has 102 valence electrons. The molecule has 2 rings (SSSR count). The van der Waals surface area contributed by atoms with Crippen LogP contribution in [0.3, 0.4) is 0 Å². The van der Waals surface area contributed by atoms with Crippen molar-refractivity contribution in [3.63, 3.8) is 0 Å². The van der Waals surface area contributed by atoms with Crippen LogP contribution in [0.4, 0.5) is 0 Å². The average Bonchev–Trinajstić information content (AvgIpc) is 2.87. The topological polar surface area (TPSA) is 34.9 Å². The highest BCUT2D eigenvalue weighted by Crippen LogP contribution is 2.21. The second-order valence-electron chi connectivity index (χ2n) is 4.73. The molecule has 0 N–H and O–H groups in total. The number of halogens is 1. The number of aromatic nitrogens is 2. The minimum Gasteiger partial charge on any atom is -0.342 e. The Bertz CT molecular complexity index is 613. The molecule has 0 saturated heterocycles. The molecule has 2 heterocycles. The van der Waals surface area contributed by atoms with Gasteiger partial charge in [0, 0.05) is 28.0 Å². The molecule has 2 aromatic heterocycles. The number of aryl methyl sites for hydroxylation is 2. The minimum atomic E-state index is -0.490. The summed E-state index contributed by atoms with van der Waals surface area (Å²) < 4.78 is 2.12. The molecule has 0 aliphatic rings. The predicted molar refractivity (Wildman–Crippen MR) is 79.5 cm³/mol. The molecule has 0 aliphatic heterocycles. The summed E-state index contributed by atoms with van der Waals surface area (Å²) >= 11 is 7.53. The van der Waals surface area contributed by atoms with Gasteiger partial charge in [0.15, 0.2) is 5.78 Å². The van der Waals surface area contributed by atoms with Crippen LogP contribution in [0.2, 0.25) is 0 Å². The van der Waals surface area contributed by atoms with Gasteiger partial charge >= 0.3 is 0 Å². The highest BCUT2D eigenvalue weighted by Gasteiger charge is 2.19. The molecule has 0 aromatic carbocycles. The summed E-state index contributed by atoms with van der Waals surface area (Å²) in [4.78, 5) is 16.5. The standard InChI is InChI=1S/C14H17ClN2OS/c1-8-7-19-13(16-8)6-17-9(2)5-12(11(17)4)14(18)10(3)15/h5,7,10H,6H2,1-4H3. The number of alkyl halides is 1. The van der Waals surface area contributed by atoms with Gasteiger partial charge in [0.1, 0.15) is 5.01 Å². The van der Waals surface area contributed by atoms with Crippen LogP contribution in [0.15, 0.2) is 11.4 Å². The second-order valence-corrected chi connectivity index (χ2v) is 6.33. The van der Waals surface area contributed by atoms with Crippen molar-refractivity contribution >= 4 is 28.7 Å². The quantitative estimate of drug-likeness (QED) is 0.636. The molecular formula is C14H17ClN2OS. The van der Waals surface area contributed by atoms with Crippen LogP contribution in [-0.4, -0.2) is 20.7 Å². The van der Waals surface area contributed by atoms with Crippen molar-refractivity contribution in [3.05, 3.63) is 39.1 Å². The first-order valence-electron chi connectivity index (χ1n) is 6.16. The third-order valence-corrected chi connectivity index (χ3v) is 4.31. The molecular weight excluding hydrogens is 280 g/mol. The minimum absolute atomic E-state index is 0.0173. The van der Waals surface area contributed by atoms with Gasteiger partial charge < -0.3 is 4.57 Å². The number of thiazole rings is 1. The Kier molecular flexibility index (Phi) is 4.11. The zero-order valence-electron chi connectivity index (χ0n) is 11.5. The molecule has 0 fully saturated rings. The van der Waals surface area contributed by atoms with Crippen molar-refractivity contribution in [2.75, 3.05) is 0 Å². The van der Waals surface area contributed by atoms with Gasteiger partial charge in [0.05, 0.1) is 11.9 Å². The molecule has 5 heteroatoms. The molecule has 0 radical (unpaired) electrons. The Morgan fingerprint density at radius 1 is 1.47 bits per heavy atom. The lowest BCUT2D eigenvalue weighted by Gasteiger charge is -2.08. The molecule has 3 nitrogen and oxygen atoms in total. The number of ketones is 1. The van der Waals surface area contributed by atoms with E-state index in [1.165, 1.54) is 0 Å². The van der Waals surface area contributed by atoms with Crippen LogP contribution < -0.4 is 0 Å². The van der Waals surface area contributed by atoms with E-state index in [0.29, 0.717) is 12.1 Å². The third-order valence-electron chi connectivity index (χ3n) is 3.16. The lowest BCUT2D eigenvalue weighted by atomic mass is 10.1. The molecule has 0 spiro atoms. The van der Waals surface area contributed by atoms with Crippen LogP contribution >= 0.6 is 22.9 Å². The molecule has 0 bridgehead atoms. The number of Topliss-reactive ketones (excluding diaryl/α,β-unsaturated/α-hetero) is 1. The van der Waals surface area contributed by atoms with Gasteiger partial charge in [-0.25, -0.2) is 4.98 Å². The van der Waals surface area contributed by atoms with Crippen molar-refractivity contribution in [1.29, 1.82) is 0 Å². The van der Waals surface area contributed by atoms with Crippen molar-refractivity contribution in [1.82, 2.24) is 9.55 Å². The number of nitrogens with zero attached hydrogens (tertiary/aromatic N) is 2. The van der Waals surface area contributed by atoms with Crippen molar-refractivity contribution in [2.24, 2.45) is 0 Å². The second kappa shape index (κ2) is 5.47. The van der Waals surface area contributed by atoms with Crippen LogP contribution in [-0.2, 0) is 6.54 Å². The van der Waals surface area contributed by atoms with E-state index >= 15 is 0 Å². The summed E-state index contributed by atoms with van der Waals surface area (Å²) in [6.07, 6.45) is 0. The van der Waals surface area contributed by atoms with Crippen molar-refractivity contribution < 1.29 is 4.79 Å². The summed E-state index contributed by atoms with van der Waals surface area (Å²) in [5, 5.41) is 2.60. The summed E-state index contributed by atoms with van der Waals surface area (Å²) in [5.41, 5.74) is 3.77. The average molecular weight is 297 g/mol. The first-order chi connectivity index (χ1) is 8.90. The van der Waals surface area contributed by atoms with Crippen LogP contribution in [0.1, 0.15) is 39.4 Å². The normalized spacial score (nSPS) is 12.7. The van der Waals surface area contributed by atoms with Gasteiger partial charge in [-0.3, -0.25) is 4.79 Å². The fourth-order valence-corrected chi connectivity index (χ4v) is 3.00. The van der Waals surface area contributed by atoms with E-state index in [1.54, 1.807) is 18.3 Å². The number of rotatable bonds is 4. The Balaban J connectivity index is 2.34. The fourth-order valence-electron chi connectivity index (χ4n) is 2.12. The maximum Gasteiger partial charge on any atom is 0.182 e. The lowest BCUT2D eigenvalue weighted by molar-refractivity contribution is 0.0991. The molecule has 1 unspecified atom stereocenters. The van der Waals surface area contributed by atoms with Crippen LogP contribution in [0.5, 0.6) is 0 Å². The Hall–Kier alpha value is -1.13. The Morgan fingerprint density at radius 2 is 2.16 bits per heavy atom. The number of hydrogen-bond acceptors (Lipinski definition) is 3. The van der Waals surface area contributed by atoms with E-state index in [2.05, 4.69) is 9.55 Å². The zero-order chi connectivity index (χ0) is 14.2. The van der Waals surface area contributed by atoms with Gasteiger partial charge in [-0.15, -0.1) is 22.9 Å². The third kappa shape index (κ3) is 2.90. The van der Waals surface area contributed by atoms with E-state index in [-0.39, 0.29) is 5.78 Å². The fraction of sp³-hybridized carbons (Fsp3) is 0.429. The van der Waals surface area contributed by atoms with Gasteiger partial charge in [-0.2, -0.15) is 0 Å². The first-order valence-corrected chi connectivity index (χ1v) is 7.47. The highest BCUT2D eigenvalue weighted by atomic mass is 35.5. The number of hydrogen-bond donors (Lipinski definition) is 0. The van der Waals surface area contributed by atoms with Crippen LogP contribution in [0, 0.1) is 20.8 Å². The molecule has 19 heavy (non-hydrogen) atoms. The highest BCUT2D eigenvalue weighted by molar-refractivity contribution is 7.09. The van der Waals surface area contributed by atoms with E-state index in [0.717, 1.165) is 22.1 Å². The largest absolute Gasteiger partial charge is 0.342 e. The summed E-state index contributed by atoms with van der Waals surface area (Å²) in [7, 11) is 0. The number of carbonyl (C=O) groups is 1. The van der Waals surface area contributed by atoms with Crippen molar-refractivity contribution in [3.8, 4) is 0 Å². The van der Waals surface area contributed by atoms with Gasteiger partial charge in [0.25, 0.3) is 0 Å². The lowest BCUT2D eigenvalue weighted by Crippen LogP contribution is -2.12. The van der Waals surface area contributed by atoms with E-state index in [9.17, 15) is 4.79 Å². The molecule has 2 aromatic rings. The Labute approximate surface area is 122 Å². The van der Waals surface area contributed by atoms with Gasteiger partial charge in [-0.05, 0) is 33.8 Å². The Morgan fingerprint density at radius 3 is 2.68 bits per heavy atom. The summed E-state index contributed by atoms with van der Waals surface area (Å²) in [6.45, 7) is 8.36. The predicted octanol–water partition coefficient (Wildman–Crippen LogP) is 3.73. The van der Waals surface area contributed by atoms with Gasteiger partial charge in [0.2, 0.25) is 0 Å². The monoisotopic (exact) mass is 296 g/mol. The maximum atomic E-state index is 12.0. The summed E-state index contributed by atoms with van der Waals surface area (Å²) in [5.74, 6) is -0.0173. The smallest absolute Gasteiger partial charge is 0.182 e. The van der Waals surface area contributed by atoms with Crippen LogP contribution in [0.25, 0.3) is 0 Å². The van der Waals surface area contributed by atoms with Gasteiger partial charge in [-0.1, -0.05) is 0 Å². The van der Waals surface area contributed by atoms with Crippen molar-refractivity contribution in [2.45, 2.75) is 39.6 Å². The van der Waals surface area contributed by atoms with E-state index < -0.39 is 5.38 Å². The summed E-state index contributed by atoms with van der Waals surface area (Å²) in [6, 6.07) is 1.91. The molecule has 0 aliphatic carbocycles. The first kappa shape index (κ1) is 14.3. The van der Waals surface area contributed by atoms with E-state index in [1.807, 2.05) is 32.2 Å². The molecule has 0 saturated carbocycles. The van der Waals surface area contributed by atoms with E-state index in [4.69, 9.17) is 11.6 Å². The zero-order valence-corrected chi connectivity index (χ0v) is 13.1. The molecule has 1 atom stereocenters. The molecule has 0 amide bonds. The number of carbonyl (C=O) groups excluding carboxylic acids is 1. The maximum absolute atomic E-state index is 12.0.